The molecule has 0 amide bonds. The van der Waals surface area contributed by atoms with E-state index in [0.29, 0.717) is 12.8 Å². The van der Waals surface area contributed by atoms with Gasteiger partial charge in [-0.1, -0.05) is 32.6 Å². The highest BCUT2D eigenvalue weighted by atomic mass is 19.4. The van der Waals surface area contributed by atoms with Crippen LogP contribution in [0.25, 0.3) is 0 Å². The van der Waals surface area contributed by atoms with E-state index < -0.39 is 37.0 Å². The Kier molecular flexibility index (Phi) is 6.92. The molecule has 2 nitrogen and oxygen atoms in total. The van der Waals surface area contributed by atoms with Gasteiger partial charge in [0.05, 0.1) is 5.92 Å². The van der Waals surface area contributed by atoms with Gasteiger partial charge in [0.25, 0.3) is 0 Å². The zero-order valence-electron chi connectivity index (χ0n) is 10.7. The Morgan fingerprint density at radius 1 is 1.00 bits per heavy atom. The van der Waals surface area contributed by atoms with E-state index in [1.807, 2.05) is 6.92 Å². The van der Waals surface area contributed by atoms with Gasteiger partial charge < -0.3 is 4.79 Å². The van der Waals surface area contributed by atoms with Crippen LogP contribution in [0, 0.1) is 5.92 Å². The number of rotatable bonds is 9. The van der Waals surface area contributed by atoms with Crippen LogP contribution in [0.5, 0.6) is 0 Å². The molecule has 0 saturated heterocycles. The second-order valence-corrected chi connectivity index (χ2v) is 4.28. The zero-order valence-corrected chi connectivity index (χ0v) is 10.7. The van der Waals surface area contributed by atoms with Gasteiger partial charge in [0.2, 0.25) is 0 Å². The third-order valence-corrected chi connectivity index (χ3v) is 2.63. The molecule has 20 heavy (non-hydrogen) atoms. The van der Waals surface area contributed by atoms with Crippen LogP contribution in [0.3, 0.4) is 0 Å². The van der Waals surface area contributed by atoms with Crippen LogP contribution in [0.15, 0.2) is 0 Å². The number of hydrogen-bond acceptors (Lipinski definition) is 2. The molecule has 120 valence electrons. The SMILES string of the molecule is CCCCCC[C@@H](C=O)C(F)(F)C(F)(F)OC(F)(F)F. The Bertz CT molecular complexity index is 302. The summed E-state index contributed by atoms with van der Waals surface area (Å²) >= 11 is 0. The van der Waals surface area contributed by atoms with Crippen LogP contribution >= 0.6 is 0 Å². The molecule has 0 aromatic rings. The summed E-state index contributed by atoms with van der Waals surface area (Å²) in [5.41, 5.74) is 0. The van der Waals surface area contributed by atoms with Gasteiger partial charge in [-0.2, -0.15) is 17.6 Å². The van der Waals surface area contributed by atoms with Crippen molar-refractivity contribution >= 4 is 6.29 Å². The van der Waals surface area contributed by atoms with Crippen molar-refractivity contribution in [1.29, 1.82) is 0 Å². The molecule has 0 saturated carbocycles. The first-order chi connectivity index (χ1) is 8.98. The van der Waals surface area contributed by atoms with Crippen LogP contribution < -0.4 is 0 Å². The number of hydrogen-bond donors (Lipinski definition) is 0. The maximum Gasteiger partial charge on any atom is 0.527 e. The second kappa shape index (κ2) is 7.24. The van der Waals surface area contributed by atoms with Crippen LogP contribution in [0.2, 0.25) is 0 Å². The normalized spacial score (nSPS) is 15.2. The Hall–Kier alpha value is -0.860. The van der Waals surface area contributed by atoms with Gasteiger partial charge in [-0.25, -0.2) is 4.74 Å². The van der Waals surface area contributed by atoms with E-state index in [4.69, 9.17) is 0 Å². The molecule has 0 rings (SSSR count). The van der Waals surface area contributed by atoms with E-state index in [-0.39, 0.29) is 6.42 Å². The molecule has 0 aromatic heterocycles. The van der Waals surface area contributed by atoms with Crippen molar-refractivity contribution in [3.05, 3.63) is 0 Å². The first-order valence-corrected chi connectivity index (χ1v) is 5.95. The third kappa shape index (κ3) is 5.64. The van der Waals surface area contributed by atoms with Gasteiger partial charge in [0.1, 0.15) is 6.29 Å². The lowest BCUT2D eigenvalue weighted by molar-refractivity contribution is -0.469. The minimum atomic E-state index is -5.93. The van der Waals surface area contributed by atoms with Crippen LogP contribution in [0.4, 0.5) is 30.7 Å². The van der Waals surface area contributed by atoms with E-state index >= 15 is 0 Å². The average Bonchev–Trinajstić information content (AvgIpc) is 2.25. The fraction of sp³-hybridized carbons (Fsp3) is 0.909. The molecule has 9 heteroatoms. The number of halogens is 7. The topological polar surface area (TPSA) is 26.3 Å². The van der Waals surface area contributed by atoms with Crippen LogP contribution in [0.1, 0.15) is 39.0 Å². The van der Waals surface area contributed by atoms with Gasteiger partial charge in [-0.15, -0.1) is 13.2 Å². The number of aldehydes is 1. The molecule has 0 aliphatic rings. The van der Waals surface area contributed by atoms with Crippen molar-refractivity contribution in [2.75, 3.05) is 0 Å². The summed E-state index contributed by atoms with van der Waals surface area (Å²) in [5, 5.41) is 0. The molecule has 0 N–H and O–H groups in total. The molecular weight excluding hydrogens is 297 g/mol. The monoisotopic (exact) mass is 312 g/mol. The van der Waals surface area contributed by atoms with Crippen molar-refractivity contribution in [3.63, 3.8) is 0 Å². The number of unbranched alkanes of at least 4 members (excludes halogenated alkanes) is 3. The van der Waals surface area contributed by atoms with Crippen molar-refractivity contribution in [1.82, 2.24) is 0 Å². The summed E-state index contributed by atoms with van der Waals surface area (Å²) in [5.74, 6) is -7.76. The molecule has 0 aromatic carbocycles. The summed E-state index contributed by atoms with van der Waals surface area (Å²) in [6.45, 7) is 1.82. The summed E-state index contributed by atoms with van der Waals surface area (Å²) in [7, 11) is 0. The van der Waals surface area contributed by atoms with Gasteiger partial charge in [0.15, 0.2) is 0 Å². The molecule has 0 spiro atoms. The molecule has 1 atom stereocenters. The maximum absolute atomic E-state index is 13.3. The van der Waals surface area contributed by atoms with Crippen molar-refractivity contribution in [2.24, 2.45) is 5.92 Å². The smallest absolute Gasteiger partial charge is 0.303 e. The van der Waals surface area contributed by atoms with Gasteiger partial charge in [-0.05, 0) is 6.42 Å². The molecule has 0 bridgehead atoms. The molecule has 0 unspecified atom stereocenters. The summed E-state index contributed by atoms with van der Waals surface area (Å²) < 4.78 is 89.5. The van der Waals surface area contributed by atoms with Crippen LogP contribution in [-0.2, 0) is 9.53 Å². The van der Waals surface area contributed by atoms with Crippen molar-refractivity contribution in [3.8, 4) is 0 Å². The Morgan fingerprint density at radius 2 is 1.55 bits per heavy atom. The number of ether oxygens (including phenoxy) is 1. The minimum Gasteiger partial charge on any atom is -0.303 e. The molecule has 0 aliphatic carbocycles. The van der Waals surface area contributed by atoms with E-state index in [1.54, 1.807) is 0 Å². The van der Waals surface area contributed by atoms with Gasteiger partial charge in [-0.3, -0.25) is 0 Å². The predicted octanol–water partition coefficient (Wildman–Crippen LogP) is 4.54. The van der Waals surface area contributed by atoms with E-state index in [2.05, 4.69) is 4.74 Å². The summed E-state index contributed by atoms with van der Waals surface area (Å²) in [6, 6.07) is 0. The maximum atomic E-state index is 13.3. The minimum absolute atomic E-state index is 0.0366. The van der Waals surface area contributed by atoms with E-state index in [0.717, 1.165) is 6.42 Å². The predicted molar refractivity (Wildman–Crippen MR) is 55.3 cm³/mol. The molecular formula is C11H15F7O2. The van der Waals surface area contributed by atoms with Crippen LogP contribution in [-0.4, -0.2) is 24.7 Å². The standard InChI is InChI=1S/C11H15F7O2/c1-2-3-4-5-6-8(7-19)9(12,13)10(14,15)20-11(16,17)18/h7-8H,2-6H2,1H3/t8-/m0/s1. The fourth-order valence-electron chi connectivity index (χ4n) is 1.56. The first-order valence-electron chi connectivity index (χ1n) is 5.95. The second-order valence-electron chi connectivity index (χ2n) is 4.28. The Morgan fingerprint density at radius 3 is 1.95 bits per heavy atom. The lowest BCUT2D eigenvalue weighted by atomic mass is 9.95. The first kappa shape index (κ1) is 19.1. The molecule has 0 fully saturated rings. The number of carbonyl (C=O) groups is 1. The highest BCUT2D eigenvalue weighted by molar-refractivity contribution is 5.55. The average molecular weight is 312 g/mol. The molecule has 0 aliphatic heterocycles. The summed E-state index contributed by atoms with van der Waals surface area (Å²) in [4.78, 5) is 10.5. The highest BCUT2D eigenvalue weighted by Crippen LogP contribution is 2.45. The quantitative estimate of drug-likeness (QED) is 0.355. The molecule has 0 heterocycles. The largest absolute Gasteiger partial charge is 0.527 e. The van der Waals surface area contributed by atoms with E-state index in [9.17, 15) is 35.5 Å². The molecule has 0 radical (unpaired) electrons. The highest BCUT2D eigenvalue weighted by Gasteiger charge is 2.66. The lowest BCUT2D eigenvalue weighted by Gasteiger charge is -2.30. The van der Waals surface area contributed by atoms with Gasteiger partial charge in [0, 0.05) is 0 Å². The Labute approximate surface area is 111 Å². The number of carbonyl (C=O) groups excluding carboxylic acids is 1. The lowest BCUT2D eigenvalue weighted by Crippen LogP contribution is -2.51. The third-order valence-electron chi connectivity index (χ3n) is 2.63. The zero-order chi connectivity index (χ0) is 16.0. The van der Waals surface area contributed by atoms with Gasteiger partial charge >= 0.3 is 18.4 Å². The van der Waals surface area contributed by atoms with Crippen molar-refractivity contribution in [2.45, 2.75) is 57.4 Å². The number of alkyl halides is 7. The summed E-state index contributed by atoms with van der Waals surface area (Å²) in [6.07, 6.45) is -11.0. The fourth-order valence-corrected chi connectivity index (χ4v) is 1.56. The van der Waals surface area contributed by atoms with Crippen molar-refractivity contribution < 1.29 is 40.3 Å². The Balaban J connectivity index is 4.81. The van der Waals surface area contributed by atoms with E-state index in [1.165, 1.54) is 0 Å².